The molecule has 1 aromatic heterocycles. The van der Waals surface area contributed by atoms with Crippen molar-refractivity contribution >= 4 is 22.8 Å². The number of hydrogen-bond donors (Lipinski definition) is 1. The van der Waals surface area contributed by atoms with Crippen molar-refractivity contribution in [2.45, 2.75) is 38.1 Å². The van der Waals surface area contributed by atoms with Crippen LogP contribution in [0.2, 0.25) is 0 Å². The van der Waals surface area contributed by atoms with Gasteiger partial charge in [0.15, 0.2) is 5.78 Å². The number of H-pyrrole nitrogens is 1. The maximum Gasteiger partial charge on any atom is 0.159 e. The summed E-state index contributed by atoms with van der Waals surface area (Å²) >= 11 is 0. The van der Waals surface area contributed by atoms with Gasteiger partial charge in [0.25, 0.3) is 0 Å². The van der Waals surface area contributed by atoms with Gasteiger partial charge in [0.1, 0.15) is 5.75 Å². The Morgan fingerprint density at radius 3 is 2.88 bits per heavy atom. The second-order valence-electron chi connectivity index (χ2n) is 10.00. The van der Waals surface area contributed by atoms with Gasteiger partial charge in [-0.05, 0) is 79.0 Å². The van der Waals surface area contributed by atoms with Crippen molar-refractivity contribution < 1.29 is 9.53 Å². The summed E-state index contributed by atoms with van der Waals surface area (Å²) in [7, 11) is 1.68. The van der Waals surface area contributed by atoms with E-state index in [-0.39, 0.29) is 5.54 Å². The predicted molar refractivity (Wildman–Crippen MR) is 128 cm³/mol. The minimum absolute atomic E-state index is 0.0118. The van der Waals surface area contributed by atoms with Crippen molar-refractivity contribution in [1.29, 1.82) is 0 Å². The number of aromatic nitrogens is 1. The third-order valence-electron chi connectivity index (χ3n) is 8.19. The summed E-state index contributed by atoms with van der Waals surface area (Å²) in [5.74, 6) is 2.14. The molecule has 4 heteroatoms. The second-order valence-corrected chi connectivity index (χ2v) is 10.00. The maximum atomic E-state index is 13.1. The molecule has 3 aromatic rings. The summed E-state index contributed by atoms with van der Waals surface area (Å²) in [5.41, 5.74) is 6.12. The monoisotopic (exact) mass is 426 g/mol. The number of ether oxygens (including phenoxy) is 1. The molecular weight excluding hydrogens is 396 g/mol. The van der Waals surface area contributed by atoms with Crippen molar-refractivity contribution in [2.24, 2.45) is 11.8 Å². The van der Waals surface area contributed by atoms with Gasteiger partial charge in [-0.25, -0.2) is 0 Å². The van der Waals surface area contributed by atoms with Crippen LogP contribution in [-0.2, 0) is 16.8 Å². The Hall–Kier alpha value is -2.85. The lowest BCUT2D eigenvalue weighted by Crippen LogP contribution is -2.57. The number of nitrogens with zero attached hydrogens (tertiary/aromatic N) is 1. The fourth-order valence-corrected chi connectivity index (χ4v) is 6.51. The van der Waals surface area contributed by atoms with Crippen LogP contribution in [0.1, 0.15) is 43.0 Å². The van der Waals surface area contributed by atoms with Crippen LogP contribution in [0.4, 0.5) is 0 Å². The van der Waals surface area contributed by atoms with E-state index in [1.165, 1.54) is 22.2 Å². The third-order valence-corrected chi connectivity index (χ3v) is 8.19. The molecule has 6 rings (SSSR count). The first kappa shape index (κ1) is 19.8. The van der Waals surface area contributed by atoms with Gasteiger partial charge in [-0.3, -0.25) is 9.69 Å². The van der Waals surface area contributed by atoms with Crippen LogP contribution in [0.25, 0.3) is 17.0 Å². The first-order valence-corrected chi connectivity index (χ1v) is 11.8. The molecule has 32 heavy (non-hydrogen) atoms. The highest BCUT2D eigenvalue weighted by Crippen LogP contribution is 2.50. The van der Waals surface area contributed by atoms with Gasteiger partial charge >= 0.3 is 0 Å². The van der Waals surface area contributed by atoms with E-state index in [1.807, 2.05) is 18.2 Å². The molecule has 2 aromatic carbocycles. The molecule has 2 aliphatic heterocycles. The number of carbonyl (C=O) groups excluding carboxylic acids is 1. The van der Waals surface area contributed by atoms with Crippen molar-refractivity contribution in [3.05, 3.63) is 70.9 Å². The highest BCUT2D eigenvalue weighted by atomic mass is 16.5. The van der Waals surface area contributed by atoms with Crippen LogP contribution in [0, 0.1) is 11.8 Å². The van der Waals surface area contributed by atoms with Crippen LogP contribution in [0.5, 0.6) is 5.75 Å². The Balaban J connectivity index is 1.30. The minimum atomic E-state index is -0.0118. The van der Waals surface area contributed by atoms with Crippen LogP contribution >= 0.6 is 0 Å². The highest BCUT2D eigenvalue weighted by Gasteiger charge is 2.49. The van der Waals surface area contributed by atoms with Crippen molar-refractivity contribution in [1.82, 2.24) is 9.88 Å². The summed E-state index contributed by atoms with van der Waals surface area (Å²) in [6, 6.07) is 16.7. The standard InChI is InChI=1S/C28H30N2O2/c1-28-16-20-15-26(31)19(12-18-6-5-7-22(13-18)32-2)14-21(20)17-30(28)11-10-24-23-8-3-4-9-25(23)29-27(24)28/h3-9,12-13,20-21,29H,10-11,14-17H2,1-2H3/t20?,21?,28-/m0/s1. The first-order chi connectivity index (χ1) is 15.5. The van der Waals surface area contributed by atoms with E-state index in [2.05, 4.69) is 53.2 Å². The molecule has 0 radical (unpaired) electrons. The number of allylic oxidation sites excluding steroid dienone is 1. The third kappa shape index (κ3) is 3.04. The minimum Gasteiger partial charge on any atom is -0.497 e. The van der Waals surface area contributed by atoms with Gasteiger partial charge in [0.2, 0.25) is 0 Å². The zero-order chi connectivity index (χ0) is 21.9. The second kappa shape index (κ2) is 7.35. The Kier molecular flexibility index (Phi) is 4.55. The van der Waals surface area contributed by atoms with E-state index in [0.717, 1.165) is 49.2 Å². The Bertz CT molecular complexity index is 1240. The van der Waals surface area contributed by atoms with Gasteiger partial charge in [-0.15, -0.1) is 0 Å². The molecule has 2 fully saturated rings. The summed E-state index contributed by atoms with van der Waals surface area (Å²) < 4.78 is 5.35. The fourth-order valence-electron chi connectivity index (χ4n) is 6.51. The van der Waals surface area contributed by atoms with Crippen molar-refractivity contribution in [2.75, 3.05) is 20.2 Å². The Morgan fingerprint density at radius 2 is 2.00 bits per heavy atom. The average molecular weight is 427 g/mol. The zero-order valence-electron chi connectivity index (χ0n) is 18.9. The van der Waals surface area contributed by atoms with Gasteiger partial charge in [-0.2, -0.15) is 0 Å². The molecule has 0 bridgehead atoms. The highest BCUT2D eigenvalue weighted by molar-refractivity contribution is 6.00. The molecule has 1 aliphatic carbocycles. The first-order valence-electron chi connectivity index (χ1n) is 11.8. The van der Waals surface area contributed by atoms with E-state index in [9.17, 15) is 4.79 Å². The summed E-state index contributed by atoms with van der Waals surface area (Å²) in [6.45, 7) is 4.55. The van der Waals surface area contributed by atoms with Gasteiger partial charge in [-0.1, -0.05) is 30.3 Å². The lowest BCUT2D eigenvalue weighted by molar-refractivity contribution is -0.121. The predicted octanol–water partition coefficient (Wildman–Crippen LogP) is 5.33. The fraction of sp³-hybridized carbons (Fsp3) is 0.393. The normalized spacial score (nSPS) is 28.9. The molecule has 3 aliphatic rings. The smallest absolute Gasteiger partial charge is 0.159 e. The van der Waals surface area contributed by atoms with Crippen LogP contribution in [-0.4, -0.2) is 35.9 Å². The van der Waals surface area contributed by atoms with E-state index in [1.54, 1.807) is 7.11 Å². The number of carbonyl (C=O) groups is 1. The van der Waals surface area contributed by atoms with Crippen LogP contribution in [0.15, 0.2) is 54.1 Å². The van der Waals surface area contributed by atoms with E-state index < -0.39 is 0 Å². The number of nitrogens with one attached hydrogen (secondary N) is 1. The van der Waals surface area contributed by atoms with Crippen molar-refractivity contribution in [3.63, 3.8) is 0 Å². The number of ketones is 1. The van der Waals surface area contributed by atoms with Crippen LogP contribution in [0.3, 0.4) is 0 Å². The molecule has 3 heterocycles. The number of piperidine rings is 1. The summed E-state index contributed by atoms with van der Waals surface area (Å²) in [6.07, 6.45) is 5.78. The van der Waals surface area contributed by atoms with Gasteiger partial charge < -0.3 is 9.72 Å². The van der Waals surface area contributed by atoms with Gasteiger partial charge in [0.05, 0.1) is 12.6 Å². The summed E-state index contributed by atoms with van der Waals surface area (Å²) in [5, 5.41) is 1.37. The molecule has 164 valence electrons. The number of methoxy groups -OCH3 is 1. The van der Waals surface area contributed by atoms with E-state index in [4.69, 9.17) is 4.74 Å². The molecule has 3 atom stereocenters. The number of fused-ring (bicyclic) bond motifs is 6. The SMILES string of the molecule is COc1cccc(C=C2CC3CN4CCc5c([nH]c6ccccc56)[C@]4(C)CC3CC2=O)c1. The van der Waals surface area contributed by atoms with Crippen molar-refractivity contribution in [3.8, 4) is 5.75 Å². The average Bonchev–Trinajstić information content (AvgIpc) is 3.19. The van der Waals surface area contributed by atoms with Gasteiger partial charge in [0, 0.05) is 36.1 Å². The summed E-state index contributed by atoms with van der Waals surface area (Å²) in [4.78, 5) is 19.6. The molecule has 1 N–H and O–H groups in total. The quantitative estimate of drug-likeness (QED) is 0.563. The molecule has 0 spiro atoms. The molecule has 4 nitrogen and oxygen atoms in total. The number of para-hydroxylation sites is 1. The largest absolute Gasteiger partial charge is 0.497 e. The number of benzene rings is 2. The lowest BCUT2D eigenvalue weighted by atomic mass is 9.65. The Morgan fingerprint density at radius 1 is 1.12 bits per heavy atom. The van der Waals surface area contributed by atoms with Crippen LogP contribution < -0.4 is 4.74 Å². The number of aromatic amines is 1. The lowest BCUT2D eigenvalue weighted by Gasteiger charge is -2.54. The maximum absolute atomic E-state index is 13.1. The molecular formula is C28H30N2O2. The molecule has 2 unspecified atom stereocenters. The molecule has 0 amide bonds. The zero-order valence-corrected chi connectivity index (χ0v) is 18.9. The number of hydrogen-bond acceptors (Lipinski definition) is 3. The van der Waals surface area contributed by atoms with E-state index in [0.29, 0.717) is 24.0 Å². The topological polar surface area (TPSA) is 45.3 Å². The number of rotatable bonds is 2. The van der Waals surface area contributed by atoms with E-state index >= 15 is 0 Å². The Labute approximate surface area is 189 Å². The number of Topliss-reactive ketones (excluding diaryl/α,β-unsaturated/α-hetero) is 1. The molecule has 1 saturated heterocycles. The molecule has 1 saturated carbocycles.